The zero-order chi connectivity index (χ0) is 15.8. The minimum absolute atomic E-state index is 0.164. The van der Waals surface area contributed by atoms with Gasteiger partial charge in [0.05, 0.1) is 11.3 Å². The predicted octanol–water partition coefficient (Wildman–Crippen LogP) is 3.95. The van der Waals surface area contributed by atoms with Crippen molar-refractivity contribution >= 4 is 29.1 Å². The summed E-state index contributed by atoms with van der Waals surface area (Å²) in [6.07, 6.45) is 0. The van der Waals surface area contributed by atoms with Gasteiger partial charge in [-0.25, -0.2) is 4.68 Å². The summed E-state index contributed by atoms with van der Waals surface area (Å²) >= 11 is 7.41. The summed E-state index contributed by atoms with van der Waals surface area (Å²) in [6, 6.07) is 14.6. The Balaban J connectivity index is 1.73. The number of hydrogen-bond donors (Lipinski definition) is 2. The summed E-state index contributed by atoms with van der Waals surface area (Å²) in [5, 5.41) is 21.8. The third-order valence-electron chi connectivity index (χ3n) is 3.45. The first-order valence-electron chi connectivity index (χ1n) is 6.86. The smallest absolute Gasteiger partial charge is 0.214 e. The number of benzene rings is 2. The van der Waals surface area contributed by atoms with Crippen molar-refractivity contribution in [3.8, 4) is 17.1 Å². The Morgan fingerprint density at radius 1 is 1.04 bits per heavy atom. The SMILES string of the molecule is Oc1ccccc1-c1nnc2n1NC(c1ccc(Cl)cc1)=CS2. The van der Waals surface area contributed by atoms with E-state index in [2.05, 4.69) is 15.6 Å². The molecule has 3 aromatic rings. The fourth-order valence-corrected chi connectivity index (χ4v) is 3.17. The molecule has 0 unspecified atom stereocenters. The van der Waals surface area contributed by atoms with E-state index in [0.717, 1.165) is 11.3 Å². The molecule has 114 valence electrons. The van der Waals surface area contributed by atoms with Gasteiger partial charge in [0, 0.05) is 16.0 Å². The molecular weight excluding hydrogens is 332 g/mol. The molecular formula is C16H11ClN4OS. The lowest BCUT2D eigenvalue weighted by Gasteiger charge is -2.19. The number of para-hydroxylation sites is 1. The summed E-state index contributed by atoms with van der Waals surface area (Å²) in [5.74, 6) is 0.724. The molecule has 1 aromatic heterocycles. The van der Waals surface area contributed by atoms with E-state index in [1.165, 1.54) is 11.8 Å². The number of aromatic hydroxyl groups is 1. The number of nitrogens with zero attached hydrogens (tertiary/aromatic N) is 3. The van der Waals surface area contributed by atoms with Crippen molar-refractivity contribution in [2.75, 3.05) is 5.43 Å². The first kappa shape index (κ1) is 14.2. The minimum Gasteiger partial charge on any atom is -0.507 e. The van der Waals surface area contributed by atoms with E-state index in [1.807, 2.05) is 35.7 Å². The lowest BCUT2D eigenvalue weighted by molar-refractivity contribution is 0.476. The van der Waals surface area contributed by atoms with Gasteiger partial charge in [-0.1, -0.05) is 47.6 Å². The van der Waals surface area contributed by atoms with E-state index in [1.54, 1.807) is 22.9 Å². The van der Waals surface area contributed by atoms with Gasteiger partial charge in [0.1, 0.15) is 5.75 Å². The molecule has 0 amide bonds. The average molecular weight is 343 g/mol. The number of phenolic OH excluding ortho intramolecular Hbond substituents is 1. The molecule has 4 rings (SSSR count). The fraction of sp³-hybridized carbons (Fsp3) is 0. The maximum Gasteiger partial charge on any atom is 0.214 e. The second kappa shape index (κ2) is 5.64. The number of thioether (sulfide) groups is 1. The third-order valence-corrected chi connectivity index (χ3v) is 4.53. The molecule has 2 N–H and O–H groups in total. The van der Waals surface area contributed by atoms with Gasteiger partial charge in [-0.15, -0.1) is 10.2 Å². The van der Waals surface area contributed by atoms with Crippen LogP contribution in [0.2, 0.25) is 5.02 Å². The van der Waals surface area contributed by atoms with E-state index < -0.39 is 0 Å². The summed E-state index contributed by atoms with van der Waals surface area (Å²) in [6.45, 7) is 0. The van der Waals surface area contributed by atoms with Gasteiger partial charge in [-0.2, -0.15) is 0 Å². The monoisotopic (exact) mass is 342 g/mol. The van der Waals surface area contributed by atoms with Crippen LogP contribution in [0.1, 0.15) is 5.56 Å². The molecule has 23 heavy (non-hydrogen) atoms. The van der Waals surface area contributed by atoms with Crippen LogP contribution in [-0.2, 0) is 0 Å². The number of phenols is 1. The van der Waals surface area contributed by atoms with E-state index in [-0.39, 0.29) is 5.75 Å². The molecule has 0 atom stereocenters. The number of fused-ring (bicyclic) bond motifs is 1. The molecule has 0 spiro atoms. The number of aromatic nitrogens is 3. The van der Waals surface area contributed by atoms with Gasteiger partial charge >= 0.3 is 0 Å². The first-order valence-corrected chi connectivity index (χ1v) is 8.12. The average Bonchev–Trinajstić information content (AvgIpc) is 2.99. The van der Waals surface area contributed by atoms with Crippen molar-refractivity contribution in [2.24, 2.45) is 0 Å². The van der Waals surface area contributed by atoms with Gasteiger partial charge in [-0.3, -0.25) is 5.43 Å². The van der Waals surface area contributed by atoms with Crippen LogP contribution in [0.25, 0.3) is 17.1 Å². The van der Waals surface area contributed by atoms with Crippen molar-refractivity contribution < 1.29 is 5.11 Å². The Hall–Kier alpha value is -2.44. The van der Waals surface area contributed by atoms with Crippen LogP contribution in [0.3, 0.4) is 0 Å². The van der Waals surface area contributed by atoms with E-state index >= 15 is 0 Å². The molecule has 5 nitrogen and oxygen atoms in total. The molecule has 1 aliphatic heterocycles. The quantitative estimate of drug-likeness (QED) is 0.738. The van der Waals surface area contributed by atoms with Crippen LogP contribution in [-0.4, -0.2) is 20.0 Å². The topological polar surface area (TPSA) is 63.0 Å². The summed E-state index contributed by atoms with van der Waals surface area (Å²) in [5.41, 5.74) is 5.82. The Kier molecular flexibility index (Phi) is 3.48. The highest BCUT2D eigenvalue weighted by molar-refractivity contribution is 8.02. The number of halogens is 1. The Morgan fingerprint density at radius 2 is 1.83 bits per heavy atom. The molecule has 1 aliphatic rings. The van der Waals surface area contributed by atoms with Crippen LogP contribution >= 0.6 is 23.4 Å². The minimum atomic E-state index is 0.164. The zero-order valence-corrected chi connectivity index (χ0v) is 13.3. The highest BCUT2D eigenvalue weighted by atomic mass is 35.5. The molecule has 0 bridgehead atoms. The van der Waals surface area contributed by atoms with Gasteiger partial charge < -0.3 is 5.11 Å². The molecule has 2 aromatic carbocycles. The molecule has 2 heterocycles. The summed E-state index contributed by atoms with van der Waals surface area (Å²) < 4.78 is 1.77. The van der Waals surface area contributed by atoms with Crippen LogP contribution in [0.4, 0.5) is 0 Å². The maximum absolute atomic E-state index is 10.1. The van der Waals surface area contributed by atoms with Crippen LogP contribution < -0.4 is 5.43 Å². The molecule has 0 saturated carbocycles. The fourth-order valence-electron chi connectivity index (χ4n) is 2.30. The molecule has 0 aliphatic carbocycles. The lowest BCUT2D eigenvalue weighted by atomic mass is 10.2. The predicted molar refractivity (Wildman–Crippen MR) is 91.8 cm³/mol. The van der Waals surface area contributed by atoms with E-state index in [4.69, 9.17) is 11.6 Å². The van der Waals surface area contributed by atoms with Gasteiger partial charge in [-0.05, 0) is 24.3 Å². The van der Waals surface area contributed by atoms with Gasteiger partial charge in [0.25, 0.3) is 0 Å². The Bertz CT molecular complexity index is 905. The van der Waals surface area contributed by atoms with Crippen LogP contribution in [0.15, 0.2) is 59.1 Å². The second-order valence-corrected chi connectivity index (χ2v) is 6.20. The van der Waals surface area contributed by atoms with Crippen molar-refractivity contribution in [1.82, 2.24) is 14.9 Å². The number of rotatable bonds is 2. The van der Waals surface area contributed by atoms with Gasteiger partial charge in [0.15, 0.2) is 5.82 Å². The van der Waals surface area contributed by atoms with Crippen molar-refractivity contribution in [1.29, 1.82) is 0 Å². The highest BCUT2D eigenvalue weighted by Gasteiger charge is 2.20. The molecule has 7 heteroatoms. The zero-order valence-electron chi connectivity index (χ0n) is 11.8. The Labute approximate surface area is 141 Å². The Morgan fingerprint density at radius 3 is 2.61 bits per heavy atom. The molecule has 0 saturated heterocycles. The number of nitrogens with one attached hydrogen (secondary N) is 1. The second-order valence-electron chi connectivity index (χ2n) is 4.93. The van der Waals surface area contributed by atoms with Gasteiger partial charge in [0.2, 0.25) is 5.16 Å². The number of hydrogen-bond acceptors (Lipinski definition) is 5. The normalized spacial score (nSPS) is 13.2. The van der Waals surface area contributed by atoms with Crippen molar-refractivity contribution in [3.63, 3.8) is 0 Å². The van der Waals surface area contributed by atoms with E-state index in [0.29, 0.717) is 21.6 Å². The maximum atomic E-state index is 10.1. The molecule has 0 radical (unpaired) electrons. The summed E-state index contributed by atoms with van der Waals surface area (Å²) in [7, 11) is 0. The van der Waals surface area contributed by atoms with Crippen molar-refractivity contribution in [2.45, 2.75) is 5.16 Å². The van der Waals surface area contributed by atoms with Crippen LogP contribution in [0.5, 0.6) is 5.75 Å². The third kappa shape index (κ3) is 2.56. The standard InChI is InChI=1S/C16H11ClN4OS/c17-11-7-5-10(6-8-11)13-9-23-16-19-18-15(21(16)20-13)12-3-1-2-4-14(12)22/h1-9,20,22H. The van der Waals surface area contributed by atoms with Crippen molar-refractivity contribution in [3.05, 3.63) is 64.5 Å². The van der Waals surface area contributed by atoms with E-state index in [9.17, 15) is 5.11 Å². The first-order chi connectivity index (χ1) is 11.2. The molecule has 0 fully saturated rings. The highest BCUT2D eigenvalue weighted by Crippen LogP contribution is 2.34. The lowest BCUT2D eigenvalue weighted by Crippen LogP contribution is -2.18. The van der Waals surface area contributed by atoms with Crippen LogP contribution in [0, 0.1) is 0 Å². The summed E-state index contributed by atoms with van der Waals surface area (Å²) in [4.78, 5) is 0. The largest absolute Gasteiger partial charge is 0.507 e.